The summed E-state index contributed by atoms with van der Waals surface area (Å²) in [6, 6.07) is 26.2. The maximum absolute atomic E-state index is 15.6. The van der Waals surface area contributed by atoms with Crippen molar-refractivity contribution in [1.82, 2.24) is 9.55 Å². The predicted molar refractivity (Wildman–Crippen MR) is 170 cm³/mol. The number of carbonyl (C=O) groups is 1. The molecule has 0 radical (unpaired) electrons. The van der Waals surface area contributed by atoms with Crippen molar-refractivity contribution in [2.45, 2.75) is 6.92 Å². The van der Waals surface area contributed by atoms with Crippen LogP contribution in [-0.4, -0.2) is 29.2 Å². The van der Waals surface area contributed by atoms with Crippen LogP contribution in [-0.2, 0) is 0 Å². The fourth-order valence-corrected chi connectivity index (χ4v) is 5.17. The van der Waals surface area contributed by atoms with E-state index in [1.807, 2.05) is 36.4 Å². The molecule has 9 heteroatoms. The van der Waals surface area contributed by atoms with E-state index in [9.17, 15) is 14.0 Å². The Labute approximate surface area is 257 Å². The summed E-state index contributed by atoms with van der Waals surface area (Å²) in [6.07, 6.45) is 3.18. The van der Waals surface area contributed by atoms with Crippen molar-refractivity contribution < 1.29 is 23.0 Å². The first kappa shape index (κ1) is 29.3. The number of ether oxygens (including phenoxy) is 2. The van der Waals surface area contributed by atoms with E-state index in [1.165, 1.54) is 47.2 Å². The number of rotatable bonds is 8. The third-order valence-corrected chi connectivity index (χ3v) is 7.34. The fraction of sp³-hybridized carbons (Fsp3) is 0.0833. The number of pyridine rings is 2. The van der Waals surface area contributed by atoms with Crippen molar-refractivity contribution >= 4 is 22.5 Å². The number of nitrogens with one attached hydrogen (secondary N) is 1. The third-order valence-electron chi connectivity index (χ3n) is 7.34. The highest BCUT2D eigenvalue weighted by Crippen LogP contribution is 2.36. The van der Waals surface area contributed by atoms with Crippen molar-refractivity contribution in [1.29, 1.82) is 0 Å². The summed E-state index contributed by atoms with van der Waals surface area (Å²) in [5.41, 5.74) is 3.03. The lowest BCUT2D eigenvalue weighted by atomic mass is 9.96. The number of carbonyl (C=O) groups excluding carboxylic acids is 1. The van der Waals surface area contributed by atoms with Crippen LogP contribution in [0.3, 0.4) is 0 Å². The molecule has 2 aromatic heterocycles. The van der Waals surface area contributed by atoms with Crippen LogP contribution in [0.2, 0.25) is 0 Å². The number of anilines is 1. The number of methoxy groups -OCH3 is 1. The molecule has 0 spiro atoms. The van der Waals surface area contributed by atoms with Gasteiger partial charge in [-0.3, -0.25) is 19.1 Å². The molecule has 4 aromatic carbocycles. The maximum atomic E-state index is 15.6. The van der Waals surface area contributed by atoms with E-state index in [-0.39, 0.29) is 23.6 Å². The number of aromatic nitrogens is 2. The number of nitrogens with zero attached hydrogens (tertiary/aromatic N) is 2. The average Bonchev–Trinajstić information content (AvgIpc) is 3.05. The van der Waals surface area contributed by atoms with Gasteiger partial charge in [0, 0.05) is 40.3 Å². The molecule has 6 rings (SSSR count). The van der Waals surface area contributed by atoms with Gasteiger partial charge >= 0.3 is 0 Å². The molecule has 2 heterocycles. The van der Waals surface area contributed by atoms with Gasteiger partial charge in [0.15, 0.2) is 0 Å². The van der Waals surface area contributed by atoms with E-state index in [1.54, 1.807) is 44.5 Å². The van der Waals surface area contributed by atoms with E-state index in [2.05, 4.69) is 10.3 Å². The summed E-state index contributed by atoms with van der Waals surface area (Å²) in [5, 5.41) is 3.58. The van der Waals surface area contributed by atoms with Gasteiger partial charge in [-0.2, -0.15) is 0 Å². The minimum atomic E-state index is -0.774. The Bertz CT molecular complexity index is 2110. The first-order valence-corrected chi connectivity index (χ1v) is 14.1. The van der Waals surface area contributed by atoms with Crippen LogP contribution in [0.25, 0.3) is 38.8 Å². The highest BCUT2D eigenvalue weighted by molar-refractivity contribution is 6.06. The van der Waals surface area contributed by atoms with Gasteiger partial charge in [-0.15, -0.1) is 0 Å². The zero-order valence-electron chi connectivity index (χ0n) is 24.4. The first-order chi connectivity index (χ1) is 21.9. The molecule has 45 heavy (non-hydrogen) atoms. The Kier molecular flexibility index (Phi) is 8.07. The molecule has 7 nitrogen and oxygen atoms in total. The van der Waals surface area contributed by atoms with Crippen LogP contribution in [0.5, 0.6) is 11.5 Å². The van der Waals surface area contributed by atoms with Gasteiger partial charge in [0.1, 0.15) is 28.7 Å². The molecule has 0 aliphatic heterocycles. The molecule has 1 amide bonds. The highest BCUT2D eigenvalue weighted by Gasteiger charge is 2.21. The fourth-order valence-electron chi connectivity index (χ4n) is 5.17. The molecule has 0 unspecified atom stereocenters. The van der Waals surface area contributed by atoms with Gasteiger partial charge in [0.25, 0.3) is 11.5 Å². The quantitative estimate of drug-likeness (QED) is 0.193. The second-order valence-corrected chi connectivity index (χ2v) is 10.1. The van der Waals surface area contributed by atoms with Gasteiger partial charge in [0.2, 0.25) is 0 Å². The Morgan fingerprint density at radius 2 is 1.64 bits per heavy atom. The number of halogens is 2. The van der Waals surface area contributed by atoms with Crippen LogP contribution in [0.4, 0.5) is 14.5 Å². The lowest BCUT2D eigenvalue weighted by molar-refractivity contribution is 0.102. The molecule has 224 valence electrons. The van der Waals surface area contributed by atoms with E-state index in [0.717, 1.165) is 22.0 Å². The highest BCUT2D eigenvalue weighted by atomic mass is 19.1. The summed E-state index contributed by atoms with van der Waals surface area (Å²) >= 11 is 0. The first-order valence-electron chi connectivity index (χ1n) is 14.1. The number of hydrogen-bond acceptors (Lipinski definition) is 5. The van der Waals surface area contributed by atoms with Gasteiger partial charge in [-0.25, -0.2) is 8.78 Å². The standard InChI is InChI=1S/C36H27F2N3O4/c1-3-45-33-16-18-41(27-11-8-25(37)9-12-27)36(43)34(33)35(42)40-26-10-13-28(30(38)21-26)23-7-15-32(44-2)29(20-23)22-6-14-31-24(19-22)5-4-17-39-31/h4-21H,3H2,1-2H3,(H,40,42). The molecular formula is C36H27F2N3O4. The summed E-state index contributed by atoms with van der Waals surface area (Å²) in [4.78, 5) is 31.2. The van der Waals surface area contributed by atoms with Crippen LogP contribution >= 0.6 is 0 Å². The second kappa shape index (κ2) is 12.4. The SMILES string of the molecule is CCOc1ccn(-c2ccc(F)cc2)c(=O)c1C(=O)Nc1ccc(-c2ccc(OC)c(-c3ccc4ncccc4c3)c2)c(F)c1. The summed E-state index contributed by atoms with van der Waals surface area (Å²) < 4.78 is 41.4. The molecule has 1 N–H and O–H groups in total. The largest absolute Gasteiger partial charge is 0.496 e. The number of fused-ring (bicyclic) bond motifs is 1. The molecular weight excluding hydrogens is 576 g/mol. The predicted octanol–water partition coefficient (Wildman–Crippen LogP) is 7.66. The molecule has 0 fully saturated rings. The number of hydrogen-bond donors (Lipinski definition) is 1. The van der Waals surface area contributed by atoms with E-state index in [0.29, 0.717) is 22.6 Å². The van der Waals surface area contributed by atoms with Gasteiger partial charge in [0.05, 0.1) is 19.2 Å². The molecule has 0 aliphatic carbocycles. The molecule has 0 aliphatic rings. The topological polar surface area (TPSA) is 82.5 Å². The number of amides is 1. The third kappa shape index (κ3) is 5.88. The minimum Gasteiger partial charge on any atom is -0.496 e. The Hall–Kier alpha value is -5.83. The summed E-state index contributed by atoms with van der Waals surface area (Å²) in [7, 11) is 1.58. The Morgan fingerprint density at radius 3 is 2.40 bits per heavy atom. The van der Waals surface area contributed by atoms with E-state index in [4.69, 9.17) is 9.47 Å². The van der Waals surface area contributed by atoms with Gasteiger partial charge in [-0.05, 0) is 96.9 Å². The zero-order chi connectivity index (χ0) is 31.5. The van der Waals surface area contributed by atoms with E-state index >= 15 is 4.39 Å². The minimum absolute atomic E-state index is 0.0747. The molecule has 6 aromatic rings. The van der Waals surface area contributed by atoms with Crippen molar-refractivity contribution in [3.8, 4) is 39.4 Å². The van der Waals surface area contributed by atoms with Crippen LogP contribution < -0.4 is 20.3 Å². The Morgan fingerprint density at radius 1 is 0.867 bits per heavy atom. The number of benzene rings is 4. The lowest BCUT2D eigenvalue weighted by Crippen LogP contribution is -2.29. The van der Waals surface area contributed by atoms with Crippen molar-refractivity contribution in [2.24, 2.45) is 0 Å². The Balaban J connectivity index is 1.31. The van der Waals surface area contributed by atoms with Gasteiger partial charge in [-0.1, -0.05) is 18.2 Å². The monoisotopic (exact) mass is 603 g/mol. The van der Waals surface area contributed by atoms with Crippen LogP contribution in [0.15, 0.2) is 114 Å². The summed E-state index contributed by atoms with van der Waals surface area (Å²) in [5.74, 6) is -1.10. The molecule has 0 saturated carbocycles. The van der Waals surface area contributed by atoms with Crippen molar-refractivity contribution in [3.63, 3.8) is 0 Å². The molecule has 0 atom stereocenters. The maximum Gasteiger partial charge on any atom is 0.271 e. The molecule has 0 bridgehead atoms. The molecule has 0 saturated heterocycles. The van der Waals surface area contributed by atoms with Crippen LogP contribution in [0, 0.1) is 11.6 Å². The lowest BCUT2D eigenvalue weighted by Gasteiger charge is -2.15. The van der Waals surface area contributed by atoms with Crippen molar-refractivity contribution in [3.05, 3.63) is 137 Å². The average molecular weight is 604 g/mol. The summed E-state index contributed by atoms with van der Waals surface area (Å²) in [6.45, 7) is 1.94. The van der Waals surface area contributed by atoms with E-state index < -0.39 is 23.1 Å². The van der Waals surface area contributed by atoms with Gasteiger partial charge < -0.3 is 14.8 Å². The van der Waals surface area contributed by atoms with Crippen LogP contribution in [0.1, 0.15) is 17.3 Å². The van der Waals surface area contributed by atoms with Crippen molar-refractivity contribution in [2.75, 3.05) is 19.0 Å². The smallest absolute Gasteiger partial charge is 0.271 e. The normalized spacial score (nSPS) is 10.9. The zero-order valence-corrected chi connectivity index (χ0v) is 24.4. The second-order valence-electron chi connectivity index (χ2n) is 10.1.